The van der Waals surface area contributed by atoms with Crippen molar-refractivity contribution in [1.29, 1.82) is 0 Å². The molecule has 0 aliphatic rings. The predicted molar refractivity (Wildman–Crippen MR) is 80.1 cm³/mol. The number of benzene rings is 1. The SMILES string of the molecule is Cc1ccc(NC(=O)CN(CC(N)=O)C(C)C)cc1N. The molecule has 0 saturated heterocycles. The summed E-state index contributed by atoms with van der Waals surface area (Å²) in [5.41, 5.74) is 13.2. The van der Waals surface area contributed by atoms with Crippen LogP contribution in [0.15, 0.2) is 18.2 Å². The van der Waals surface area contributed by atoms with Crippen LogP contribution in [0.4, 0.5) is 11.4 Å². The lowest BCUT2D eigenvalue weighted by Gasteiger charge is -2.24. The molecule has 0 aliphatic heterocycles. The Labute approximate surface area is 119 Å². The van der Waals surface area contributed by atoms with Gasteiger partial charge in [-0.05, 0) is 38.5 Å². The van der Waals surface area contributed by atoms with Crippen molar-refractivity contribution in [2.75, 3.05) is 24.1 Å². The lowest BCUT2D eigenvalue weighted by Crippen LogP contribution is -2.43. The molecule has 0 aromatic heterocycles. The van der Waals surface area contributed by atoms with Crippen LogP contribution in [0.1, 0.15) is 19.4 Å². The van der Waals surface area contributed by atoms with E-state index in [1.54, 1.807) is 17.0 Å². The van der Waals surface area contributed by atoms with Gasteiger partial charge in [0.05, 0.1) is 13.1 Å². The average molecular weight is 278 g/mol. The zero-order chi connectivity index (χ0) is 15.3. The van der Waals surface area contributed by atoms with E-state index in [4.69, 9.17) is 11.5 Å². The molecule has 0 heterocycles. The lowest BCUT2D eigenvalue weighted by atomic mass is 10.2. The van der Waals surface area contributed by atoms with Crippen molar-refractivity contribution >= 4 is 23.2 Å². The first kappa shape index (κ1) is 16.0. The first-order chi connectivity index (χ1) is 9.29. The largest absolute Gasteiger partial charge is 0.398 e. The average Bonchev–Trinajstić information content (AvgIpc) is 2.32. The number of nitrogens with two attached hydrogens (primary N) is 2. The number of nitrogens with zero attached hydrogens (tertiary/aromatic N) is 1. The van der Waals surface area contributed by atoms with E-state index >= 15 is 0 Å². The number of aryl methyl sites for hydroxylation is 1. The molecule has 5 N–H and O–H groups in total. The molecular weight excluding hydrogens is 256 g/mol. The van der Waals surface area contributed by atoms with Crippen LogP contribution in [0.25, 0.3) is 0 Å². The van der Waals surface area contributed by atoms with Gasteiger partial charge < -0.3 is 16.8 Å². The molecule has 0 bridgehead atoms. The molecule has 20 heavy (non-hydrogen) atoms. The number of nitrogens with one attached hydrogen (secondary N) is 1. The number of nitrogen functional groups attached to an aromatic ring is 1. The van der Waals surface area contributed by atoms with Gasteiger partial charge in [-0.15, -0.1) is 0 Å². The minimum Gasteiger partial charge on any atom is -0.398 e. The van der Waals surface area contributed by atoms with Crippen LogP contribution in [-0.2, 0) is 9.59 Å². The number of hydrogen-bond donors (Lipinski definition) is 3. The number of rotatable bonds is 6. The van der Waals surface area contributed by atoms with Gasteiger partial charge in [0.1, 0.15) is 0 Å². The summed E-state index contributed by atoms with van der Waals surface area (Å²) in [7, 11) is 0. The minimum atomic E-state index is -0.453. The molecule has 0 aliphatic carbocycles. The smallest absolute Gasteiger partial charge is 0.238 e. The van der Waals surface area contributed by atoms with Crippen molar-refractivity contribution in [3.63, 3.8) is 0 Å². The van der Waals surface area contributed by atoms with Crippen LogP contribution in [-0.4, -0.2) is 35.8 Å². The van der Waals surface area contributed by atoms with E-state index in [1.165, 1.54) is 0 Å². The molecule has 6 heteroatoms. The maximum absolute atomic E-state index is 12.0. The Morgan fingerprint density at radius 3 is 2.45 bits per heavy atom. The molecule has 0 atom stereocenters. The summed E-state index contributed by atoms with van der Waals surface area (Å²) in [6.45, 7) is 5.87. The maximum Gasteiger partial charge on any atom is 0.238 e. The molecule has 0 saturated carbocycles. The number of hydrogen-bond acceptors (Lipinski definition) is 4. The fourth-order valence-electron chi connectivity index (χ4n) is 1.72. The summed E-state index contributed by atoms with van der Waals surface area (Å²) in [5.74, 6) is -0.658. The van der Waals surface area contributed by atoms with Gasteiger partial charge in [-0.3, -0.25) is 14.5 Å². The number of primary amides is 1. The molecular formula is C14H22N4O2. The van der Waals surface area contributed by atoms with Gasteiger partial charge in [0.15, 0.2) is 0 Å². The molecule has 0 radical (unpaired) electrons. The number of anilines is 2. The topological polar surface area (TPSA) is 101 Å². The van der Waals surface area contributed by atoms with Gasteiger partial charge in [-0.1, -0.05) is 6.07 Å². The third-order valence-electron chi connectivity index (χ3n) is 3.00. The van der Waals surface area contributed by atoms with E-state index < -0.39 is 5.91 Å². The summed E-state index contributed by atoms with van der Waals surface area (Å²) in [6.07, 6.45) is 0. The Kier molecular flexibility index (Phi) is 5.52. The van der Waals surface area contributed by atoms with E-state index in [0.717, 1.165) is 5.56 Å². The Morgan fingerprint density at radius 2 is 1.95 bits per heavy atom. The van der Waals surface area contributed by atoms with Gasteiger partial charge in [0.2, 0.25) is 11.8 Å². The first-order valence-corrected chi connectivity index (χ1v) is 6.48. The van der Waals surface area contributed by atoms with Crippen LogP contribution in [0, 0.1) is 6.92 Å². The summed E-state index contributed by atoms with van der Waals surface area (Å²) in [5, 5.41) is 2.76. The highest BCUT2D eigenvalue weighted by molar-refractivity contribution is 5.93. The Balaban J connectivity index is 2.65. The molecule has 1 rings (SSSR count). The van der Waals surface area contributed by atoms with E-state index in [2.05, 4.69) is 5.32 Å². The predicted octanol–water partition coefficient (Wildman–Crippen LogP) is 0.711. The Hall–Kier alpha value is -2.08. The zero-order valence-electron chi connectivity index (χ0n) is 12.1. The summed E-state index contributed by atoms with van der Waals surface area (Å²) in [4.78, 5) is 24.6. The molecule has 110 valence electrons. The van der Waals surface area contributed by atoms with Gasteiger partial charge in [-0.2, -0.15) is 0 Å². The monoisotopic (exact) mass is 278 g/mol. The van der Waals surface area contributed by atoms with Crippen LogP contribution in [0.3, 0.4) is 0 Å². The summed E-state index contributed by atoms with van der Waals surface area (Å²) in [6, 6.07) is 5.39. The minimum absolute atomic E-state index is 0.0522. The summed E-state index contributed by atoms with van der Waals surface area (Å²) < 4.78 is 0. The third kappa shape index (κ3) is 4.89. The van der Waals surface area contributed by atoms with E-state index in [-0.39, 0.29) is 25.0 Å². The van der Waals surface area contributed by atoms with Crippen molar-refractivity contribution in [2.45, 2.75) is 26.8 Å². The van der Waals surface area contributed by atoms with E-state index in [9.17, 15) is 9.59 Å². The van der Waals surface area contributed by atoms with Crippen LogP contribution in [0.5, 0.6) is 0 Å². The normalized spacial score (nSPS) is 10.8. The number of carbonyl (C=O) groups excluding carboxylic acids is 2. The second-order valence-corrected chi connectivity index (χ2v) is 5.08. The fourth-order valence-corrected chi connectivity index (χ4v) is 1.72. The first-order valence-electron chi connectivity index (χ1n) is 6.48. The highest BCUT2D eigenvalue weighted by Gasteiger charge is 2.16. The van der Waals surface area contributed by atoms with Crippen molar-refractivity contribution < 1.29 is 9.59 Å². The zero-order valence-corrected chi connectivity index (χ0v) is 12.1. The van der Waals surface area contributed by atoms with Crippen molar-refractivity contribution in [3.8, 4) is 0 Å². The Morgan fingerprint density at radius 1 is 1.30 bits per heavy atom. The summed E-state index contributed by atoms with van der Waals surface area (Å²) >= 11 is 0. The maximum atomic E-state index is 12.0. The molecule has 0 fully saturated rings. The third-order valence-corrected chi connectivity index (χ3v) is 3.00. The lowest BCUT2D eigenvalue weighted by molar-refractivity contribution is -0.121. The fraction of sp³-hybridized carbons (Fsp3) is 0.429. The second kappa shape index (κ2) is 6.91. The molecule has 2 amide bonds. The van der Waals surface area contributed by atoms with Gasteiger partial charge in [-0.25, -0.2) is 0 Å². The van der Waals surface area contributed by atoms with E-state index in [1.807, 2.05) is 26.8 Å². The van der Waals surface area contributed by atoms with Crippen LogP contribution in [0.2, 0.25) is 0 Å². The Bertz CT molecular complexity index is 500. The highest BCUT2D eigenvalue weighted by Crippen LogP contribution is 2.16. The van der Waals surface area contributed by atoms with Gasteiger partial charge in [0, 0.05) is 17.4 Å². The van der Waals surface area contributed by atoms with Crippen molar-refractivity contribution in [2.24, 2.45) is 5.73 Å². The van der Waals surface area contributed by atoms with Gasteiger partial charge in [0.25, 0.3) is 0 Å². The quantitative estimate of drug-likeness (QED) is 0.667. The van der Waals surface area contributed by atoms with Crippen molar-refractivity contribution in [3.05, 3.63) is 23.8 Å². The number of carbonyl (C=O) groups is 2. The molecule has 0 spiro atoms. The molecule has 6 nitrogen and oxygen atoms in total. The highest BCUT2D eigenvalue weighted by atomic mass is 16.2. The van der Waals surface area contributed by atoms with E-state index in [0.29, 0.717) is 11.4 Å². The second-order valence-electron chi connectivity index (χ2n) is 5.08. The standard InChI is InChI=1S/C14H22N4O2/c1-9(2)18(7-13(16)19)8-14(20)17-11-5-4-10(3)12(15)6-11/h4-6,9H,7-8,15H2,1-3H3,(H2,16,19)(H,17,20). The molecule has 1 aromatic rings. The van der Waals surface area contributed by atoms with Crippen LogP contribution >= 0.6 is 0 Å². The molecule has 0 unspecified atom stereocenters. The molecule has 1 aromatic carbocycles. The van der Waals surface area contributed by atoms with Crippen LogP contribution < -0.4 is 16.8 Å². The number of amides is 2. The van der Waals surface area contributed by atoms with Crippen molar-refractivity contribution in [1.82, 2.24) is 4.90 Å². The van der Waals surface area contributed by atoms with Gasteiger partial charge >= 0.3 is 0 Å².